The normalized spacial score (nSPS) is 22.8. The van der Waals surface area contributed by atoms with Crippen molar-refractivity contribution in [2.45, 2.75) is 37.8 Å². The first kappa shape index (κ1) is 21.7. The monoisotopic (exact) mass is 459 g/mol. The van der Waals surface area contributed by atoms with Gasteiger partial charge in [0.05, 0.1) is 16.1 Å². The van der Waals surface area contributed by atoms with Crippen LogP contribution in [0.15, 0.2) is 42.5 Å². The molecular formula is C23H23Cl2N3O3. The van der Waals surface area contributed by atoms with E-state index in [0.29, 0.717) is 10.6 Å². The number of fused-ring (bicyclic) bond motifs is 1. The molecule has 2 aromatic carbocycles. The van der Waals surface area contributed by atoms with Crippen LogP contribution >= 0.6 is 23.2 Å². The predicted octanol–water partition coefficient (Wildman–Crippen LogP) is 4.30. The molecule has 0 saturated carbocycles. The molecule has 2 unspecified atom stereocenters. The topological polar surface area (TPSA) is 69.7 Å². The maximum absolute atomic E-state index is 13.2. The number of benzene rings is 2. The molecule has 6 nitrogen and oxygen atoms in total. The molecule has 0 bridgehead atoms. The van der Waals surface area contributed by atoms with Gasteiger partial charge in [-0.3, -0.25) is 14.5 Å². The SMILES string of the molecule is CN(C(=O)CN1C(=O)NC(C)(c2ccc(Cl)c(Cl)c2)C1=O)C1CCCc2ccccc21. The summed E-state index contributed by atoms with van der Waals surface area (Å²) in [5.41, 5.74) is 1.55. The van der Waals surface area contributed by atoms with Crippen molar-refractivity contribution in [1.82, 2.24) is 15.1 Å². The van der Waals surface area contributed by atoms with E-state index in [1.165, 1.54) is 5.56 Å². The highest BCUT2D eigenvalue weighted by atomic mass is 35.5. The zero-order valence-electron chi connectivity index (χ0n) is 17.3. The Bertz CT molecular complexity index is 1070. The first-order chi connectivity index (χ1) is 14.7. The maximum Gasteiger partial charge on any atom is 0.325 e. The molecule has 0 aromatic heterocycles. The third-order valence-corrected chi connectivity index (χ3v) is 7.00. The molecule has 2 aliphatic rings. The summed E-state index contributed by atoms with van der Waals surface area (Å²) >= 11 is 12.1. The summed E-state index contributed by atoms with van der Waals surface area (Å²) in [4.78, 5) is 41.5. The van der Waals surface area contributed by atoms with Gasteiger partial charge in [-0.05, 0) is 55.0 Å². The van der Waals surface area contributed by atoms with Gasteiger partial charge in [0.1, 0.15) is 12.1 Å². The van der Waals surface area contributed by atoms with Gasteiger partial charge < -0.3 is 10.2 Å². The van der Waals surface area contributed by atoms with Crippen LogP contribution in [0.5, 0.6) is 0 Å². The third-order valence-electron chi connectivity index (χ3n) is 6.26. The smallest absolute Gasteiger partial charge is 0.325 e. The molecule has 0 radical (unpaired) electrons. The Morgan fingerprint density at radius 3 is 2.68 bits per heavy atom. The Labute approximate surface area is 191 Å². The van der Waals surface area contributed by atoms with Crippen molar-refractivity contribution in [3.8, 4) is 0 Å². The number of nitrogens with one attached hydrogen (secondary N) is 1. The number of hydrogen-bond donors (Lipinski definition) is 1. The maximum atomic E-state index is 13.2. The van der Waals surface area contributed by atoms with Crippen LogP contribution < -0.4 is 5.32 Å². The van der Waals surface area contributed by atoms with Crippen molar-refractivity contribution in [2.75, 3.05) is 13.6 Å². The molecule has 4 amide bonds. The molecule has 4 rings (SSSR count). The van der Waals surface area contributed by atoms with Crippen LogP contribution in [0.1, 0.15) is 42.5 Å². The third kappa shape index (κ3) is 3.79. The van der Waals surface area contributed by atoms with Crippen molar-refractivity contribution in [2.24, 2.45) is 0 Å². The van der Waals surface area contributed by atoms with Gasteiger partial charge in [-0.1, -0.05) is 53.5 Å². The van der Waals surface area contributed by atoms with Gasteiger partial charge in [0.15, 0.2) is 0 Å². The largest absolute Gasteiger partial charge is 0.337 e. The number of likely N-dealkylation sites (N-methyl/N-ethyl adjacent to an activating group) is 1. The lowest BCUT2D eigenvalue weighted by atomic mass is 9.87. The van der Waals surface area contributed by atoms with E-state index in [1.807, 2.05) is 18.2 Å². The number of halogens is 2. The van der Waals surface area contributed by atoms with E-state index < -0.39 is 17.5 Å². The molecule has 2 atom stereocenters. The number of amides is 4. The molecule has 2 aromatic rings. The fourth-order valence-corrected chi connectivity index (χ4v) is 4.69. The van der Waals surface area contributed by atoms with Crippen LogP contribution in [-0.4, -0.2) is 41.2 Å². The van der Waals surface area contributed by atoms with Gasteiger partial charge in [0, 0.05) is 7.05 Å². The van der Waals surface area contributed by atoms with Crippen LogP contribution in [0.4, 0.5) is 4.79 Å². The number of carbonyl (C=O) groups is 3. The minimum Gasteiger partial charge on any atom is -0.337 e. The van der Waals surface area contributed by atoms with Crippen LogP contribution in [0, 0.1) is 0 Å². The zero-order chi connectivity index (χ0) is 22.3. The number of nitrogens with zero attached hydrogens (tertiary/aromatic N) is 2. The van der Waals surface area contributed by atoms with E-state index in [2.05, 4.69) is 11.4 Å². The van der Waals surface area contributed by atoms with Crippen molar-refractivity contribution in [3.63, 3.8) is 0 Å². The first-order valence-corrected chi connectivity index (χ1v) is 10.9. The number of hydrogen-bond acceptors (Lipinski definition) is 3. The standard InChI is InChI=1S/C23H23Cl2N3O3/c1-23(15-10-11-17(24)18(25)12-15)21(30)28(22(31)26-23)13-20(29)27(2)19-9-5-7-14-6-3-4-8-16(14)19/h3-4,6,8,10-12,19H,5,7,9,13H2,1-2H3,(H,26,31). The number of urea groups is 1. The van der Waals surface area contributed by atoms with Gasteiger partial charge >= 0.3 is 6.03 Å². The van der Waals surface area contributed by atoms with Crippen molar-refractivity contribution < 1.29 is 14.4 Å². The lowest BCUT2D eigenvalue weighted by Gasteiger charge is -2.34. The molecule has 8 heteroatoms. The average molecular weight is 460 g/mol. The van der Waals surface area contributed by atoms with Crippen LogP contribution in [-0.2, 0) is 21.5 Å². The van der Waals surface area contributed by atoms with E-state index in [4.69, 9.17) is 23.2 Å². The number of imide groups is 1. The van der Waals surface area contributed by atoms with Crippen molar-refractivity contribution >= 4 is 41.0 Å². The average Bonchev–Trinajstić information content (AvgIpc) is 2.98. The summed E-state index contributed by atoms with van der Waals surface area (Å²) in [5, 5.41) is 3.34. The summed E-state index contributed by atoms with van der Waals surface area (Å²) in [7, 11) is 1.73. The predicted molar refractivity (Wildman–Crippen MR) is 119 cm³/mol. The highest BCUT2D eigenvalue weighted by Crippen LogP contribution is 2.35. The van der Waals surface area contributed by atoms with E-state index in [-0.39, 0.29) is 23.5 Å². The van der Waals surface area contributed by atoms with Gasteiger partial charge in [-0.15, -0.1) is 0 Å². The lowest BCUT2D eigenvalue weighted by molar-refractivity contribution is -0.139. The van der Waals surface area contributed by atoms with Crippen LogP contribution in [0.25, 0.3) is 0 Å². The van der Waals surface area contributed by atoms with E-state index >= 15 is 0 Å². The second kappa shape index (κ2) is 8.17. The van der Waals surface area contributed by atoms with E-state index in [0.717, 1.165) is 29.7 Å². The molecule has 162 valence electrons. The van der Waals surface area contributed by atoms with Crippen molar-refractivity contribution in [1.29, 1.82) is 0 Å². The highest BCUT2D eigenvalue weighted by Gasteiger charge is 2.50. The fourth-order valence-electron chi connectivity index (χ4n) is 4.39. The Morgan fingerprint density at radius 2 is 1.94 bits per heavy atom. The highest BCUT2D eigenvalue weighted by molar-refractivity contribution is 6.42. The lowest BCUT2D eigenvalue weighted by Crippen LogP contribution is -2.44. The van der Waals surface area contributed by atoms with E-state index in [1.54, 1.807) is 37.1 Å². The summed E-state index contributed by atoms with van der Waals surface area (Å²) in [6.45, 7) is 1.27. The Balaban J connectivity index is 1.53. The second-order valence-corrected chi connectivity index (χ2v) is 9.00. The Kier molecular flexibility index (Phi) is 5.71. The Morgan fingerprint density at radius 1 is 1.19 bits per heavy atom. The van der Waals surface area contributed by atoms with Gasteiger partial charge in [-0.2, -0.15) is 0 Å². The fraction of sp³-hybridized carbons (Fsp3) is 0.348. The van der Waals surface area contributed by atoms with Gasteiger partial charge in [0.2, 0.25) is 5.91 Å². The number of carbonyl (C=O) groups excluding carboxylic acids is 3. The first-order valence-electron chi connectivity index (χ1n) is 10.2. The van der Waals surface area contributed by atoms with Crippen LogP contribution in [0.2, 0.25) is 10.0 Å². The molecular weight excluding hydrogens is 437 g/mol. The minimum absolute atomic E-state index is 0.0697. The zero-order valence-corrected chi connectivity index (χ0v) is 18.8. The molecule has 1 fully saturated rings. The number of aryl methyl sites for hydroxylation is 1. The van der Waals surface area contributed by atoms with Crippen molar-refractivity contribution in [3.05, 3.63) is 69.2 Å². The summed E-state index contributed by atoms with van der Waals surface area (Å²) in [6.07, 6.45) is 2.82. The second-order valence-electron chi connectivity index (χ2n) is 8.19. The summed E-state index contributed by atoms with van der Waals surface area (Å²) in [6, 6.07) is 12.2. The Hall–Kier alpha value is -2.57. The quantitative estimate of drug-likeness (QED) is 0.692. The van der Waals surface area contributed by atoms with Gasteiger partial charge in [-0.25, -0.2) is 4.79 Å². The molecule has 0 spiro atoms. The molecule has 1 aliphatic heterocycles. The molecule has 1 aliphatic carbocycles. The molecule has 1 heterocycles. The summed E-state index contributed by atoms with van der Waals surface area (Å²) < 4.78 is 0. The summed E-state index contributed by atoms with van der Waals surface area (Å²) in [5.74, 6) is -0.787. The molecule has 1 saturated heterocycles. The van der Waals surface area contributed by atoms with Crippen LogP contribution in [0.3, 0.4) is 0 Å². The minimum atomic E-state index is -1.32. The van der Waals surface area contributed by atoms with Gasteiger partial charge in [0.25, 0.3) is 5.91 Å². The molecule has 31 heavy (non-hydrogen) atoms. The number of rotatable bonds is 4. The van der Waals surface area contributed by atoms with E-state index in [9.17, 15) is 14.4 Å². The molecule has 1 N–H and O–H groups in total.